The molecule has 0 amide bonds. The van der Waals surface area contributed by atoms with Gasteiger partial charge in [0.2, 0.25) is 5.82 Å². The summed E-state index contributed by atoms with van der Waals surface area (Å²) >= 11 is 0. The molecule has 19 heavy (non-hydrogen) atoms. The van der Waals surface area contributed by atoms with Crippen LogP contribution in [0.3, 0.4) is 0 Å². The van der Waals surface area contributed by atoms with Crippen LogP contribution >= 0.6 is 0 Å². The number of alkyl halides is 3. The molecule has 1 aromatic rings. The Morgan fingerprint density at radius 2 is 1.89 bits per heavy atom. The molecular weight excluding hydrogens is 257 g/mol. The molecule has 1 heterocycles. The van der Waals surface area contributed by atoms with Crippen molar-refractivity contribution in [1.29, 1.82) is 0 Å². The van der Waals surface area contributed by atoms with Gasteiger partial charge in [-0.05, 0) is 12.8 Å². The first kappa shape index (κ1) is 13.9. The third-order valence-corrected chi connectivity index (χ3v) is 3.46. The lowest BCUT2D eigenvalue weighted by molar-refractivity contribution is -0.144. The van der Waals surface area contributed by atoms with Gasteiger partial charge in [0.1, 0.15) is 11.6 Å². The van der Waals surface area contributed by atoms with E-state index >= 15 is 0 Å². The molecule has 2 rings (SSSR count). The fourth-order valence-corrected chi connectivity index (χ4v) is 2.35. The summed E-state index contributed by atoms with van der Waals surface area (Å²) in [5.41, 5.74) is 0. The van der Waals surface area contributed by atoms with Crippen molar-refractivity contribution in [3.8, 4) is 0 Å². The van der Waals surface area contributed by atoms with Gasteiger partial charge in [0.25, 0.3) is 0 Å². The van der Waals surface area contributed by atoms with Gasteiger partial charge in [-0.25, -0.2) is 9.97 Å². The first-order chi connectivity index (χ1) is 8.91. The summed E-state index contributed by atoms with van der Waals surface area (Å²) in [7, 11) is 3.33. The van der Waals surface area contributed by atoms with Crippen molar-refractivity contribution in [1.82, 2.24) is 9.97 Å². The number of nitrogens with zero attached hydrogens (tertiary/aromatic N) is 3. The van der Waals surface area contributed by atoms with Gasteiger partial charge in [-0.2, -0.15) is 13.2 Å². The van der Waals surface area contributed by atoms with E-state index in [1.165, 1.54) is 0 Å². The van der Waals surface area contributed by atoms with Crippen LogP contribution in [0.1, 0.15) is 31.5 Å². The normalized spacial score (nSPS) is 16.7. The van der Waals surface area contributed by atoms with Gasteiger partial charge in [0, 0.05) is 26.2 Å². The maximum Gasteiger partial charge on any atom is 0.451 e. The minimum absolute atomic E-state index is 0.183. The van der Waals surface area contributed by atoms with Crippen LogP contribution in [-0.2, 0) is 6.18 Å². The standard InChI is InChI=1S/C12H17F3N4/c1-16-9-7-10(18-11(17-9)12(13,14)15)19(2)8-5-3-4-6-8/h7-8H,3-6H2,1-2H3,(H,16,17,18). The Morgan fingerprint density at radius 3 is 2.42 bits per heavy atom. The van der Waals surface area contributed by atoms with Crippen molar-refractivity contribution in [3.63, 3.8) is 0 Å². The second-order valence-electron chi connectivity index (χ2n) is 4.73. The molecule has 0 spiro atoms. The lowest BCUT2D eigenvalue weighted by Crippen LogP contribution is -2.30. The van der Waals surface area contributed by atoms with Crippen LogP contribution in [-0.4, -0.2) is 30.1 Å². The van der Waals surface area contributed by atoms with Crippen molar-refractivity contribution in [3.05, 3.63) is 11.9 Å². The number of hydrogen-bond acceptors (Lipinski definition) is 4. The first-order valence-electron chi connectivity index (χ1n) is 6.28. The Hall–Kier alpha value is -1.53. The Labute approximate surface area is 110 Å². The number of hydrogen-bond donors (Lipinski definition) is 1. The highest BCUT2D eigenvalue weighted by Crippen LogP contribution is 2.31. The molecule has 4 nitrogen and oxygen atoms in total. The van der Waals surface area contributed by atoms with Gasteiger partial charge in [0.05, 0.1) is 0 Å². The van der Waals surface area contributed by atoms with Crippen LogP contribution in [0.2, 0.25) is 0 Å². The van der Waals surface area contributed by atoms with Gasteiger partial charge in [0.15, 0.2) is 0 Å². The molecule has 1 fully saturated rings. The van der Waals surface area contributed by atoms with Crippen molar-refractivity contribution in [2.75, 3.05) is 24.3 Å². The van der Waals surface area contributed by atoms with E-state index in [1.807, 2.05) is 4.90 Å². The molecule has 0 aromatic carbocycles. The predicted octanol–water partition coefficient (Wildman–Crippen LogP) is 2.92. The van der Waals surface area contributed by atoms with Gasteiger partial charge >= 0.3 is 6.18 Å². The minimum Gasteiger partial charge on any atom is -0.373 e. The van der Waals surface area contributed by atoms with E-state index in [1.54, 1.807) is 20.2 Å². The highest BCUT2D eigenvalue weighted by atomic mass is 19.4. The highest BCUT2D eigenvalue weighted by Gasteiger charge is 2.36. The summed E-state index contributed by atoms with van der Waals surface area (Å²) in [4.78, 5) is 8.93. The quantitative estimate of drug-likeness (QED) is 0.920. The molecule has 0 bridgehead atoms. The summed E-state index contributed by atoms with van der Waals surface area (Å²) < 4.78 is 38.3. The second kappa shape index (κ2) is 5.22. The first-order valence-corrected chi connectivity index (χ1v) is 6.28. The summed E-state index contributed by atoms with van der Waals surface area (Å²) in [5, 5.41) is 2.65. The van der Waals surface area contributed by atoms with Gasteiger partial charge in [-0.3, -0.25) is 0 Å². The number of halogens is 3. The summed E-state index contributed by atoms with van der Waals surface area (Å²) in [6.07, 6.45) is -0.304. The zero-order valence-corrected chi connectivity index (χ0v) is 11.0. The van der Waals surface area contributed by atoms with Gasteiger partial charge < -0.3 is 10.2 Å². The van der Waals surface area contributed by atoms with Crippen LogP contribution in [0.25, 0.3) is 0 Å². The van der Waals surface area contributed by atoms with Crippen LogP contribution in [0.15, 0.2) is 6.07 Å². The average Bonchev–Trinajstić information content (AvgIpc) is 2.90. The average molecular weight is 274 g/mol. The molecule has 1 aliphatic rings. The summed E-state index contributed by atoms with van der Waals surface area (Å²) in [6.45, 7) is 0. The lowest BCUT2D eigenvalue weighted by atomic mass is 10.2. The Bertz CT molecular complexity index is 441. The second-order valence-corrected chi connectivity index (χ2v) is 4.73. The molecule has 0 radical (unpaired) electrons. The van der Waals surface area contributed by atoms with E-state index < -0.39 is 12.0 Å². The van der Waals surface area contributed by atoms with Gasteiger partial charge in [-0.1, -0.05) is 12.8 Å². The lowest BCUT2D eigenvalue weighted by Gasteiger charge is -2.26. The number of rotatable bonds is 3. The van der Waals surface area contributed by atoms with Crippen LogP contribution in [0.4, 0.5) is 24.8 Å². The smallest absolute Gasteiger partial charge is 0.373 e. The number of anilines is 2. The SMILES string of the molecule is CNc1cc(N(C)C2CCCC2)nc(C(F)(F)F)n1. The Kier molecular flexibility index (Phi) is 3.82. The maximum atomic E-state index is 12.8. The van der Waals surface area contributed by atoms with E-state index in [4.69, 9.17) is 0 Å². The molecule has 0 aliphatic heterocycles. The number of aromatic nitrogens is 2. The molecule has 1 saturated carbocycles. The molecule has 7 heteroatoms. The number of nitrogens with one attached hydrogen (secondary N) is 1. The van der Waals surface area contributed by atoms with E-state index in [0.29, 0.717) is 5.82 Å². The zero-order valence-electron chi connectivity index (χ0n) is 11.0. The molecule has 106 valence electrons. The summed E-state index contributed by atoms with van der Waals surface area (Å²) in [6, 6.07) is 1.81. The summed E-state index contributed by atoms with van der Waals surface area (Å²) in [5.74, 6) is -0.597. The van der Waals surface area contributed by atoms with E-state index in [2.05, 4.69) is 15.3 Å². The van der Waals surface area contributed by atoms with E-state index in [0.717, 1.165) is 25.7 Å². The fourth-order valence-electron chi connectivity index (χ4n) is 2.35. The monoisotopic (exact) mass is 274 g/mol. The van der Waals surface area contributed by atoms with Crippen molar-refractivity contribution in [2.24, 2.45) is 0 Å². The van der Waals surface area contributed by atoms with Crippen molar-refractivity contribution >= 4 is 11.6 Å². The Balaban J connectivity index is 2.33. The fraction of sp³-hybridized carbons (Fsp3) is 0.667. The van der Waals surface area contributed by atoms with E-state index in [-0.39, 0.29) is 11.9 Å². The molecule has 1 N–H and O–H groups in total. The molecule has 1 aliphatic carbocycles. The van der Waals surface area contributed by atoms with Gasteiger partial charge in [-0.15, -0.1) is 0 Å². The van der Waals surface area contributed by atoms with Crippen molar-refractivity contribution < 1.29 is 13.2 Å². The minimum atomic E-state index is -4.53. The van der Waals surface area contributed by atoms with Crippen molar-refractivity contribution in [2.45, 2.75) is 37.9 Å². The predicted molar refractivity (Wildman–Crippen MR) is 67.2 cm³/mol. The third-order valence-electron chi connectivity index (χ3n) is 3.46. The zero-order chi connectivity index (χ0) is 14.0. The third kappa shape index (κ3) is 3.08. The van der Waals surface area contributed by atoms with Crippen LogP contribution in [0.5, 0.6) is 0 Å². The Morgan fingerprint density at radius 1 is 1.26 bits per heavy atom. The van der Waals surface area contributed by atoms with E-state index in [9.17, 15) is 13.2 Å². The maximum absolute atomic E-state index is 12.8. The van der Waals surface area contributed by atoms with Crippen LogP contribution in [0, 0.1) is 0 Å². The molecule has 0 unspecified atom stereocenters. The highest BCUT2D eigenvalue weighted by molar-refractivity contribution is 5.49. The largest absolute Gasteiger partial charge is 0.451 e. The molecule has 0 atom stereocenters. The topological polar surface area (TPSA) is 41.0 Å². The molecule has 0 saturated heterocycles. The van der Waals surface area contributed by atoms with Crippen LogP contribution < -0.4 is 10.2 Å². The molecule has 1 aromatic heterocycles. The molecular formula is C12H17F3N4.